The Bertz CT molecular complexity index is 595. The summed E-state index contributed by atoms with van der Waals surface area (Å²) in [6.45, 7) is 0.589. The van der Waals surface area contributed by atoms with Gasteiger partial charge in [-0.3, -0.25) is 5.01 Å². The molecule has 0 saturated carbocycles. The molecule has 3 heterocycles. The van der Waals surface area contributed by atoms with E-state index in [9.17, 15) is 5.11 Å². The molecule has 21 heavy (non-hydrogen) atoms. The van der Waals surface area contributed by atoms with E-state index in [-0.39, 0.29) is 23.8 Å². The van der Waals surface area contributed by atoms with Crippen LogP contribution in [0.1, 0.15) is 12.8 Å². The number of nitrogens with zero attached hydrogens (tertiary/aromatic N) is 3. The minimum Gasteiger partial charge on any atom is -0.394 e. The molecule has 3 rings (SSSR count). The largest absolute Gasteiger partial charge is 0.394 e. The molecule has 112 valence electrons. The Morgan fingerprint density at radius 1 is 1.52 bits per heavy atom. The van der Waals surface area contributed by atoms with Gasteiger partial charge < -0.3 is 21.3 Å². The van der Waals surface area contributed by atoms with Gasteiger partial charge in [0, 0.05) is 5.57 Å². The van der Waals surface area contributed by atoms with Crippen molar-refractivity contribution in [3.05, 3.63) is 22.9 Å². The molecule has 3 aliphatic heterocycles. The van der Waals surface area contributed by atoms with Gasteiger partial charge in [-0.2, -0.15) is 5.10 Å². The van der Waals surface area contributed by atoms with E-state index in [1.165, 1.54) is 6.34 Å². The molecule has 3 aliphatic rings. The van der Waals surface area contributed by atoms with E-state index in [0.29, 0.717) is 23.7 Å². The highest BCUT2D eigenvalue weighted by Crippen LogP contribution is 2.31. The number of thiocarbonyl (C=S) groups is 1. The smallest absolute Gasteiger partial charge is 0.151 e. The van der Waals surface area contributed by atoms with Crippen molar-refractivity contribution in [2.24, 2.45) is 21.6 Å². The first-order valence-electron chi connectivity index (χ1n) is 6.74. The summed E-state index contributed by atoms with van der Waals surface area (Å²) in [5, 5.41) is 15.1. The maximum atomic E-state index is 9.18. The molecule has 0 aromatic carbocycles. The van der Waals surface area contributed by atoms with Crippen LogP contribution in [0.4, 0.5) is 0 Å². The summed E-state index contributed by atoms with van der Waals surface area (Å²) in [4.78, 5) is 4.24. The Balaban J connectivity index is 1.94. The van der Waals surface area contributed by atoms with E-state index in [4.69, 9.17) is 28.4 Å². The summed E-state index contributed by atoms with van der Waals surface area (Å²) in [6.07, 6.45) is 4.87. The second-order valence-electron chi connectivity index (χ2n) is 5.16. The van der Waals surface area contributed by atoms with Crippen molar-refractivity contribution in [1.82, 2.24) is 5.01 Å². The predicted octanol–water partition coefficient (Wildman–Crippen LogP) is -0.377. The van der Waals surface area contributed by atoms with Crippen LogP contribution < -0.4 is 11.5 Å². The van der Waals surface area contributed by atoms with Crippen LogP contribution >= 0.6 is 12.2 Å². The molecule has 1 saturated heterocycles. The average molecular weight is 307 g/mol. The third-order valence-corrected chi connectivity index (χ3v) is 4.02. The Labute approximate surface area is 127 Å². The minimum absolute atomic E-state index is 0.0362. The third-order valence-electron chi connectivity index (χ3n) is 3.80. The number of hydrogen-bond acceptors (Lipinski definition) is 7. The molecular weight excluding hydrogens is 290 g/mol. The van der Waals surface area contributed by atoms with Crippen molar-refractivity contribution in [1.29, 1.82) is 0 Å². The van der Waals surface area contributed by atoms with Crippen molar-refractivity contribution in [3.8, 4) is 0 Å². The molecule has 0 aliphatic carbocycles. The number of hydrogen-bond donors (Lipinski definition) is 3. The zero-order valence-electron chi connectivity index (χ0n) is 11.4. The monoisotopic (exact) mass is 307 g/mol. The summed E-state index contributed by atoms with van der Waals surface area (Å²) >= 11 is 5.12. The van der Waals surface area contributed by atoms with Crippen LogP contribution in [0, 0.1) is 0 Å². The van der Waals surface area contributed by atoms with Gasteiger partial charge in [-0.05, 0) is 24.5 Å². The summed E-state index contributed by atoms with van der Waals surface area (Å²) in [7, 11) is 0. The first kappa shape index (κ1) is 14.2. The van der Waals surface area contributed by atoms with E-state index in [2.05, 4.69) is 10.1 Å². The van der Waals surface area contributed by atoms with Crippen molar-refractivity contribution in [2.75, 3.05) is 13.2 Å². The van der Waals surface area contributed by atoms with E-state index in [0.717, 1.165) is 18.4 Å². The summed E-state index contributed by atoms with van der Waals surface area (Å²) in [5.41, 5.74) is 14.0. The van der Waals surface area contributed by atoms with E-state index in [1.54, 1.807) is 5.01 Å². The fourth-order valence-electron chi connectivity index (χ4n) is 2.77. The first-order chi connectivity index (χ1) is 10.1. The SMILES string of the molecule is NC(=S)C1=C2C(N)=NC=NN2CC(C2CCC(CO)O2)=C1. The van der Waals surface area contributed by atoms with Gasteiger partial charge in [0.05, 0.1) is 25.4 Å². The van der Waals surface area contributed by atoms with Gasteiger partial charge in [0.25, 0.3) is 0 Å². The standard InChI is InChI=1S/C13H17N5O2S/c14-12-11-9(13(15)21)3-7(4-18(11)17-6-16-12)10-2-1-8(5-19)20-10/h3,6,8,10,19H,1-2,4-5H2,(H2,15,21)(H2,14,16,17). The van der Waals surface area contributed by atoms with Gasteiger partial charge >= 0.3 is 0 Å². The van der Waals surface area contributed by atoms with E-state index >= 15 is 0 Å². The van der Waals surface area contributed by atoms with Crippen LogP contribution in [-0.4, -0.2) is 52.6 Å². The molecule has 2 unspecified atom stereocenters. The van der Waals surface area contributed by atoms with Crippen LogP contribution in [0.15, 0.2) is 33.0 Å². The van der Waals surface area contributed by atoms with Crippen LogP contribution in [0.2, 0.25) is 0 Å². The number of fused-ring (bicyclic) bond motifs is 1. The molecule has 0 amide bonds. The molecule has 5 N–H and O–H groups in total. The molecule has 0 bridgehead atoms. The molecule has 0 spiro atoms. The second-order valence-corrected chi connectivity index (χ2v) is 5.60. The Hall–Kier alpha value is -1.77. The lowest BCUT2D eigenvalue weighted by molar-refractivity contribution is 0.0243. The van der Waals surface area contributed by atoms with Crippen molar-refractivity contribution in [2.45, 2.75) is 25.0 Å². The predicted molar refractivity (Wildman–Crippen MR) is 83.7 cm³/mol. The number of ether oxygens (including phenoxy) is 1. The number of aliphatic hydroxyl groups is 1. The van der Waals surface area contributed by atoms with Crippen LogP contribution in [0.3, 0.4) is 0 Å². The van der Waals surface area contributed by atoms with E-state index in [1.807, 2.05) is 6.08 Å². The Kier molecular flexibility index (Phi) is 3.75. The molecule has 8 heteroatoms. The first-order valence-corrected chi connectivity index (χ1v) is 7.15. The maximum absolute atomic E-state index is 9.18. The molecule has 7 nitrogen and oxygen atoms in total. The van der Waals surface area contributed by atoms with E-state index < -0.39 is 0 Å². The average Bonchev–Trinajstić information content (AvgIpc) is 2.95. The van der Waals surface area contributed by atoms with Gasteiger partial charge in [0.15, 0.2) is 5.84 Å². The third kappa shape index (κ3) is 2.57. The molecule has 0 radical (unpaired) electrons. The van der Waals surface area contributed by atoms with Gasteiger partial charge in [-0.25, -0.2) is 4.99 Å². The molecule has 0 aromatic rings. The summed E-state index contributed by atoms with van der Waals surface area (Å²) < 4.78 is 5.82. The molecule has 2 atom stereocenters. The van der Waals surface area contributed by atoms with Crippen molar-refractivity contribution < 1.29 is 9.84 Å². The van der Waals surface area contributed by atoms with Crippen LogP contribution in [0.25, 0.3) is 0 Å². The van der Waals surface area contributed by atoms with Gasteiger partial charge in [-0.1, -0.05) is 12.2 Å². The lowest BCUT2D eigenvalue weighted by atomic mass is 9.97. The van der Waals surface area contributed by atoms with Crippen molar-refractivity contribution >= 4 is 29.4 Å². The zero-order chi connectivity index (χ0) is 15.0. The number of amidine groups is 1. The second kappa shape index (κ2) is 5.55. The summed E-state index contributed by atoms with van der Waals surface area (Å²) in [6, 6.07) is 0. The number of nitrogens with two attached hydrogens (primary N) is 2. The number of rotatable bonds is 3. The summed E-state index contributed by atoms with van der Waals surface area (Å²) in [5.74, 6) is 0.351. The number of aliphatic imine (C=N–C) groups is 1. The van der Waals surface area contributed by atoms with Crippen LogP contribution in [-0.2, 0) is 4.74 Å². The normalized spacial score (nSPS) is 28.3. The van der Waals surface area contributed by atoms with Gasteiger partial charge in [-0.15, -0.1) is 0 Å². The zero-order valence-corrected chi connectivity index (χ0v) is 12.2. The highest BCUT2D eigenvalue weighted by Gasteiger charge is 2.33. The Morgan fingerprint density at radius 2 is 2.33 bits per heavy atom. The number of hydrazone groups is 1. The Morgan fingerprint density at radius 3 is 3.00 bits per heavy atom. The molecule has 0 aromatic heterocycles. The van der Waals surface area contributed by atoms with Gasteiger partial charge in [0.2, 0.25) is 0 Å². The van der Waals surface area contributed by atoms with Crippen LogP contribution in [0.5, 0.6) is 0 Å². The fraction of sp³-hybridized carbons (Fsp3) is 0.462. The highest BCUT2D eigenvalue weighted by atomic mass is 32.1. The quantitative estimate of drug-likeness (QED) is 0.613. The fourth-order valence-corrected chi connectivity index (χ4v) is 2.92. The highest BCUT2D eigenvalue weighted by molar-refractivity contribution is 7.80. The number of aliphatic hydroxyl groups excluding tert-OH is 1. The minimum atomic E-state index is -0.106. The lowest BCUT2D eigenvalue weighted by Gasteiger charge is -2.32. The maximum Gasteiger partial charge on any atom is 0.151 e. The van der Waals surface area contributed by atoms with Crippen molar-refractivity contribution in [3.63, 3.8) is 0 Å². The van der Waals surface area contributed by atoms with Gasteiger partial charge in [0.1, 0.15) is 17.0 Å². The topological polar surface area (TPSA) is 109 Å². The molecular formula is C13H17N5O2S. The lowest BCUT2D eigenvalue weighted by Crippen LogP contribution is -2.39. The molecule has 1 fully saturated rings.